The normalized spacial score (nSPS) is 11.5. The zero-order valence-corrected chi connectivity index (χ0v) is 9.42. The van der Waals surface area contributed by atoms with Crippen molar-refractivity contribution in [2.75, 3.05) is 0 Å². The molecule has 1 N–H and O–H groups in total. The largest absolute Gasteiger partial charge is 0.508 e. The number of hydrogen-bond acceptors (Lipinski definition) is 4. The van der Waals surface area contributed by atoms with Crippen molar-refractivity contribution in [1.82, 2.24) is 15.0 Å². The van der Waals surface area contributed by atoms with Gasteiger partial charge >= 0.3 is 6.18 Å². The molecule has 0 atom stereocenters. The van der Waals surface area contributed by atoms with Crippen molar-refractivity contribution in [2.24, 2.45) is 0 Å². The number of alkyl halides is 3. The number of phenols is 1. The van der Waals surface area contributed by atoms with E-state index in [0.717, 1.165) is 10.9 Å². The number of nitrogens with zero attached hydrogens (tertiary/aromatic N) is 3. The van der Waals surface area contributed by atoms with Crippen LogP contribution in [0.5, 0.6) is 5.75 Å². The molecule has 0 aliphatic rings. The number of carbonyl (C=O) groups excluding carboxylic acids is 1. The van der Waals surface area contributed by atoms with E-state index in [1.807, 2.05) is 0 Å². The lowest BCUT2D eigenvalue weighted by atomic mass is 10.2. The van der Waals surface area contributed by atoms with E-state index in [4.69, 9.17) is 0 Å². The van der Waals surface area contributed by atoms with Crippen LogP contribution in [0.2, 0.25) is 0 Å². The second-order valence-corrected chi connectivity index (χ2v) is 3.80. The van der Waals surface area contributed by atoms with Crippen LogP contribution in [-0.2, 0) is 6.54 Å². The second kappa shape index (κ2) is 4.71. The van der Waals surface area contributed by atoms with Gasteiger partial charge in [-0.15, -0.1) is 5.10 Å². The van der Waals surface area contributed by atoms with Crippen LogP contribution in [-0.4, -0.2) is 32.1 Å². The SMILES string of the molecule is O=C(c1cn(Cc2cccc(O)c2)nn1)C(F)(F)F. The fraction of sp³-hybridized carbons (Fsp3) is 0.182. The maximum Gasteiger partial charge on any atom is 0.456 e. The maximum absolute atomic E-state index is 12.2. The van der Waals surface area contributed by atoms with Crippen molar-refractivity contribution in [3.8, 4) is 5.75 Å². The van der Waals surface area contributed by atoms with E-state index in [9.17, 15) is 23.1 Å². The standard InChI is InChI=1S/C11H8F3N3O2/c12-11(13,14)10(19)9-6-17(16-15-9)5-7-2-1-3-8(18)4-7/h1-4,6,18H,5H2. The van der Waals surface area contributed by atoms with Crippen molar-refractivity contribution in [3.63, 3.8) is 0 Å². The minimum Gasteiger partial charge on any atom is -0.508 e. The third kappa shape index (κ3) is 3.09. The molecule has 0 fully saturated rings. The Bertz CT molecular complexity index is 607. The van der Waals surface area contributed by atoms with Crippen molar-refractivity contribution in [2.45, 2.75) is 12.7 Å². The molecule has 1 heterocycles. The Hall–Kier alpha value is -2.38. The minimum atomic E-state index is -4.97. The molecule has 0 aliphatic carbocycles. The summed E-state index contributed by atoms with van der Waals surface area (Å²) < 4.78 is 37.6. The number of carbonyl (C=O) groups is 1. The molecule has 100 valence electrons. The lowest BCUT2D eigenvalue weighted by molar-refractivity contribution is -0.0888. The van der Waals surface area contributed by atoms with Crippen LogP contribution in [0.3, 0.4) is 0 Å². The zero-order chi connectivity index (χ0) is 14.0. The Morgan fingerprint density at radius 2 is 2.11 bits per heavy atom. The molecule has 1 aromatic heterocycles. The minimum absolute atomic E-state index is 0.0317. The fourth-order valence-electron chi connectivity index (χ4n) is 1.47. The van der Waals surface area contributed by atoms with E-state index in [0.29, 0.717) is 5.56 Å². The highest BCUT2D eigenvalue weighted by molar-refractivity contribution is 5.98. The summed E-state index contributed by atoms with van der Waals surface area (Å²) in [5.74, 6) is -2.00. The molecule has 1 aromatic carbocycles. The number of Topliss-reactive ketones (excluding diaryl/α,β-unsaturated/α-hetero) is 1. The molecule has 0 spiro atoms. The zero-order valence-electron chi connectivity index (χ0n) is 9.42. The van der Waals surface area contributed by atoms with Gasteiger partial charge in [0.1, 0.15) is 5.75 Å². The monoisotopic (exact) mass is 271 g/mol. The molecule has 0 bridgehead atoms. The highest BCUT2D eigenvalue weighted by Gasteiger charge is 2.41. The molecule has 19 heavy (non-hydrogen) atoms. The van der Waals surface area contributed by atoms with Gasteiger partial charge in [-0.25, -0.2) is 4.68 Å². The van der Waals surface area contributed by atoms with Gasteiger partial charge in [0.2, 0.25) is 0 Å². The van der Waals surface area contributed by atoms with Crippen LogP contribution in [0.25, 0.3) is 0 Å². The fourth-order valence-corrected chi connectivity index (χ4v) is 1.47. The number of rotatable bonds is 3. The molecule has 0 aliphatic heterocycles. The second-order valence-electron chi connectivity index (χ2n) is 3.80. The first-order chi connectivity index (χ1) is 8.86. The van der Waals surface area contributed by atoms with E-state index in [-0.39, 0.29) is 12.3 Å². The third-order valence-corrected chi connectivity index (χ3v) is 2.28. The van der Waals surface area contributed by atoms with E-state index >= 15 is 0 Å². The molecule has 5 nitrogen and oxygen atoms in total. The summed E-state index contributed by atoms with van der Waals surface area (Å²) in [6, 6.07) is 6.15. The Morgan fingerprint density at radius 3 is 2.74 bits per heavy atom. The lowest BCUT2D eigenvalue weighted by Gasteiger charge is -2.01. The number of aromatic nitrogens is 3. The van der Waals surface area contributed by atoms with Crippen LogP contribution in [0.15, 0.2) is 30.5 Å². The van der Waals surface area contributed by atoms with Gasteiger partial charge in [0.15, 0.2) is 5.69 Å². The number of benzene rings is 1. The highest BCUT2D eigenvalue weighted by atomic mass is 19.4. The molecule has 0 unspecified atom stereocenters. The van der Waals surface area contributed by atoms with Crippen LogP contribution >= 0.6 is 0 Å². The average molecular weight is 271 g/mol. The molecule has 8 heteroatoms. The Kier molecular flexibility index (Phi) is 3.24. The van der Waals surface area contributed by atoms with Gasteiger partial charge in [-0.1, -0.05) is 17.3 Å². The average Bonchev–Trinajstić information content (AvgIpc) is 2.75. The van der Waals surface area contributed by atoms with Crippen molar-refractivity contribution in [1.29, 1.82) is 0 Å². The predicted molar refractivity (Wildman–Crippen MR) is 57.6 cm³/mol. The Morgan fingerprint density at radius 1 is 1.37 bits per heavy atom. The van der Waals surface area contributed by atoms with Crippen molar-refractivity contribution in [3.05, 3.63) is 41.7 Å². The van der Waals surface area contributed by atoms with E-state index in [1.165, 1.54) is 12.1 Å². The van der Waals surface area contributed by atoms with Crippen LogP contribution in [0, 0.1) is 0 Å². The van der Waals surface area contributed by atoms with Crippen LogP contribution < -0.4 is 0 Å². The number of aromatic hydroxyl groups is 1. The van der Waals surface area contributed by atoms with E-state index < -0.39 is 17.7 Å². The summed E-state index contributed by atoms with van der Waals surface area (Å²) in [5.41, 5.74) is -0.136. The van der Waals surface area contributed by atoms with Gasteiger partial charge in [0.25, 0.3) is 5.78 Å². The first-order valence-corrected chi connectivity index (χ1v) is 5.16. The number of ketones is 1. The van der Waals surface area contributed by atoms with E-state index in [1.54, 1.807) is 12.1 Å². The third-order valence-electron chi connectivity index (χ3n) is 2.28. The molecule has 2 aromatic rings. The Balaban J connectivity index is 2.16. The summed E-state index contributed by atoms with van der Waals surface area (Å²) in [4.78, 5) is 10.9. The topological polar surface area (TPSA) is 68.0 Å². The summed E-state index contributed by atoms with van der Waals surface area (Å²) in [6.07, 6.45) is -4.05. The van der Waals surface area contributed by atoms with Crippen LogP contribution in [0.4, 0.5) is 13.2 Å². The number of phenolic OH excluding ortho intramolecular Hbond substituents is 1. The van der Waals surface area contributed by atoms with Crippen LogP contribution in [0.1, 0.15) is 16.1 Å². The Labute approximate surface area is 105 Å². The molecule has 2 rings (SSSR count). The molecule has 0 saturated carbocycles. The van der Waals surface area contributed by atoms with E-state index in [2.05, 4.69) is 10.3 Å². The number of halogens is 3. The lowest BCUT2D eigenvalue weighted by Crippen LogP contribution is -2.23. The number of hydrogen-bond donors (Lipinski definition) is 1. The highest BCUT2D eigenvalue weighted by Crippen LogP contribution is 2.20. The molecular formula is C11H8F3N3O2. The summed E-state index contributed by atoms with van der Waals surface area (Å²) in [7, 11) is 0. The van der Waals surface area contributed by atoms with Gasteiger partial charge in [-0.3, -0.25) is 4.79 Å². The summed E-state index contributed by atoms with van der Waals surface area (Å²) in [6.45, 7) is 0.104. The first kappa shape index (κ1) is 13.1. The summed E-state index contributed by atoms with van der Waals surface area (Å²) >= 11 is 0. The van der Waals surface area contributed by atoms with Crippen molar-refractivity contribution >= 4 is 5.78 Å². The molecule has 0 saturated heterocycles. The van der Waals surface area contributed by atoms with Gasteiger partial charge in [0.05, 0.1) is 12.7 Å². The maximum atomic E-state index is 12.2. The molecular weight excluding hydrogens is 263 g/mol. The quantitative estimate of drug-likeness (QED) is 0.864. The molecule has 0 radical (unpaired) electrons. The van der Waals surface area contributed by atoms with Gasteiger partial charge < -0.3 is 5.11 Å². The smallest absolute Gasteiger partial charge is 0.456 e. The van der Waals surface area contributed by atoms with Gasteiger partial charge in [0, 0.05) is 0 Å². The van der Waals surface area contributed by atoms with Crippen molar-refractivity contribution < 1.29 is 23.1 Å². The van der Waals surface area contributed by atoms with Gasteiger partial charge in [-0.2, -0.15) is 13.2 Å². The first-order valence-electron chi connectivity index (χ1n) is 5.16. The predicted octanol–water partition coefficient (Wildman–Crippen LogP) is 1.78. The summed E-state index contributed by atoms with van der Waals surface area (Å²) in [5, 5.41) is 15.9. The van der Waals surface area contributed by atoms with Gasteiger partial charge in [-0.05, 0) is 17.7 Å². The molecule has 0 amide bonds.